The Balaban J connectivity index is 1.37. The average molecular weight is 491 g/mol. The van der Waals surface area contributed by atoms with Crippen molar-refractivity contribution < 1.29 is 25.2 Å². The Morgan fingerprint density at radius 2 is 1.49 bits per heavy atom. The number of hydrogen-bond donors (Lipinski definition) is 4. The Bertz CT molecular complexity index is 911. The summed E-state index contributed by atoms with van der Waals surface area (Å²) in [5.74, 6) is 0.651. The summed E-state index contributed by atoms with van der Waals surface area (Å²) in [7, 11) is 0. The SMILES string of the molecule is CC(C)(O)[C@@H]1CO[C@@](C)([C@H]2[C@@H](O)C[C@@]3(C)[C@@H]4C[C@H](O)[C@H]5C(C)(C)[C@@H](O)CC[C@@]56C[C@@]46CC[C@]23C)C1. The van der Waals surface area contributed by atoms with Crippen molar-refractivity contribution in [2.24, 2.45) is 50.7 Å². The van der Waals surface area contributed by atoms with Gasteiger partial charge in [0.2, 0.25) is 0 Å². The van der Waals surface area contributed by atoms with Crippen LogP contribution in [0.1, 0.15) is 99.8 Å². The number of hydrogen-bond acceptors (Lipinski definition) is 5. The molecule has 5 heteroatoms. The average Bonchev–Trinajstić information content (AvgIpc) is 3.08. The molecule has 0 aromatic carbocycles. The van der Waals surface area contributed by atoms with Crippen molar-refractivity contribution in [3.63, 3.8) is 0 Å². The first-order chi connectivity index (χ1) is 16.0. The van der Waals surface area contributed by atoms with Crippen LogP contribution in [0.2, 0.25) is 0 Å². The maximum atomic E-state index is 11.7. The molecule has 4 N–H and O–H groups in total. The first-order valence-corrected chi connectivity index (χ1v) is 14.4. The Hall–Kier alpha value is -0.200. The van der Waals surface area contributed by atoms with Gasteiger partial charge in [0, 0.05) is 11.8 Å². The van der Waals surface area contributed by atoms with Crippen molar-refractivity contribution in [1.29, 1.82) is 0 Å². The monoisotopic (exact) mass is 490 g/mol. The molecule has 0 unspecified atom stereocenters. The quantitative estimate of drug-likeness (QED) is 0.464. The number of rotatable bonds is 2. The van der Waals surface area contributed by atoms with E-state index in [-0.39, 0.29) is 50.9 Å². The summed E-state index contributed by atoms with van der Waals surface area (Å²) >= 11 is 0. The number of fused-ring (bicyclic) bond motifs is 2. The standard InChI is InChI=1S/C30H50O5/c1-24(2)21(33)8-9-30-16-29(30)11-10-26(5)23(28(7)13-17(15-35-28)25(3,4)34)19(32)14-27(26,6)20(29)12-18(31)22(24)30/h17-23,31-34H,8-16H2,1-7H3/t17-,18-,19-,20-,21-,22-,23-,26+,27-,28+,29-,30+/m0/s1. The molecule has 200 valence electrons. The molecule has 12 atom stereocenters. The summed E-state index contributed by atoms with van der Waals surface area (Å²) in [5, 5.41) is 45.0. The van der Waals surface area contributed by atoms with E-state index in [1.807, 2.05) is 13.8 Å². The van der Waals surface area contributed by atoms with E-state index in [0.29, 0.717) is 12.5 Å². The van der Waals surface area contributed by atoms with E-state index in [2.05, 4.69) is 34.6 Å². The third-order valence-electron chi connectivity index (χ3n) is 13.9. The molecule has 0 radical (unpaired) electrons. The highest BCUT2D eigenvalue weighted by Crippen LogP contribution is 2.89. The zero-order valence-corrected chi connectivity index (χ0v) is 23.1. The first-order valence-electron chi connectivity index (χ1n) is 14.4. The van der Waals surface area contributed by atoms with Gasteiger partial charge in [0.05, 0.1) is 36.1 Å². The molecular weight excluding hydrogens is 440 g/mol. The Labute approximate surface area is 212 Å². The highest BCUT2D eigenvalue weighted by molar-refractivity contribution is 5.33. The second-order valence-corrected chi connectivity index (χ2v) is 16.0. The third kappa shape index (κ3) is 2.78. The van der Waals surface area contributed by atoms with Crippen LogP contribution in [-0.2, 0) is 4.74 Å². The van der Waals surface area contributed by atoms with Crippen molar-refractivity contribution in [2.75, 3.05) is 6.61 Å². The van der Waals surface area contributed by atoms with Crippen LogP contribution in [0.3, 0.4) is 0 Å². The highest BCUT2D eigenvalue weighted by atomic mass is 16.5. The molecule has 6 fully saturated rings. The fraction of sp³-hybridized carbons (Fsp3) is 1.00. The lowest BCUT2D eigenvalue weighted by Gasteiger charge is -2.64. The predicted molar refractivity (Wildman–Crippen MR) is 134 cm³/mol. The van der Waals surface area contributed by atoms with Gasteiger partial charge >= 0.3 is 0 Å². The van der Waals surface area contributed by atoms with Crippen LogP contribution in [0, 0.1) is 50.7 Å². The van der Waals surface area contributed by atoms with Gasteiger partial charge < -0.3 is 25.2 Å². The van der Waals surface area contributed by atoms with Gasteiger partial charge in [-0.15, -0.1) is 0 Å². The lowest BCUT2D eigenvalue weighted by atomic mass is 9.41. The Morgan fingerprint density at radius 3 is 2.11 bits per heavy atom. The lowest BCUT2D eigenvalue weighted by molar-refractivity contribution is -0.206. The lowest BCUT2D eigenvalue weighted by Crippen LogP contribution is -2.62. The zero-order valence-electron chi connectivity index (χ0n) is 23.1. The van der Waals surface area contributed by atoms with Crippen LogP contribution in [0.5, 0.6) is 0 Å². The van der Waals surface area contributed by atoms with Gasteiger partial charge in [-0.2, -0.15) is 0 Å². The molecule has 0 aromatic heterocycles. The topological polar surface area (TPSA) is 90.2 Å². The second-order valence-electron chi connectivity index (χ2n) is 16.0. The summed E-state index contributed by atoms with van der Waals surface area (Å²) in [5.41, 5.74) is -1.26. The van der Waals surface area contributed by atoms with Crippen LogP contribution < -0.4 is 0 Å². The van der Waals surface area contributed by atoms with Gasteiger partial charge in [-0.3, -0.25) is 0 Å². The molecule has 35 heavy (non-hydrogen) atoms. The van der Waals surface area contributed by atoms with Gasteiger partial charge in [0.25, 0.3) is 0 Å². The van der Waals surface area contributed by atoms with Crippen molar-refractivity contribution >= 4 is 0 Å². The second kappa shape index (κ2) is 6.86. The molecule has 0 aromatic rings. The smallest absolute Gasteiger partial charge is 0.0717 e. The molecule has 5 saturated carbocycles. The van der Waals surface area contributed by atoms with Crippen LogP contribution in [0.4, 0.5) is 0 Å². The normalized spacial score (nSPS) is 60.9. The van der Waals surface area contributed by atoms with Crippen LogP contribution in [0.25, 0.3) is 0 Å². The van der Waals surface area contributed by atoms with E-state index in [4.69, 9.17) is 4.74 Å². The minimum absolute atomic E-state index is 0.0267. The van der Waals surface area contributed by atoms with Gasteiger partial charge in [-0.25, -0.2) is 0 Å². The molecule has 0 bridgehead atoms. The molecule has 0 amide bonds. The molecule has 1 aliphatic heterocycles. The number of ether oxygens (including phenoxy) is 1. The van der Waals surface area contributed by atoms with Crippen molar-refractivity contribution in [1.82, 2.24) is 0 Å². The Kier molecular flexibility index (Phi) is 4.92. The minimum Gasteiger partial charge on any atom is -0.393 e. The van der Waals surface area contributed by atoms with E-state index in [0.717, 1.165) is 44.9 Å². The van der Waals surface area contributed by atoms with E-state index < -0.39 is 23.4 Å². The van der Waals surface area contributed by atoms with Crippen LogP contribution in [-0.4, -0.2) is 56.5 Å². The summed E-state index contributed by atoms with van der Waals surface area (Å²) in [6, 6.07) is 0. The van der Waals surface area contributed by atoms with Crippen molar-refractivity contribution in [3.05, 3.63) is 0 Å². The molecule has 6 rings (SSSR count). The largest absolute Gasteiger partial charge is 0.393 e. The number of aliphatic hydroxyl groups excluding tert-OH is 3. The fourth-order valence-corrected chi connectivity index (χ4v) is 12.1. The summed E-state index contributed by atoms with van der Waals surface area (Å²) in [4.78, 5) is 0. The molecule has 6 aliphatic rings. The molecule has 5 nitrogen and oxygen atoms in total. The molecular formula is C30H50O5. The molecule has 5 aliphatic carbocycles. The van der Waals surface area contributed by atoms with Crippen molar-refractivity contribution in [3.8, 4) is 0 Å². The predicted octanol–water partition coefficient (Wildman–Crippen LogP) is 4.29. The highest BCUT2D eigenvalue weighted by Gasteiger charge is 2.84. The van der Waals surface area contributed by atoms with E-state index in [1.165, 1.54) is 6.42 Å². The van der Waals surface area contributed by atoms with Crippen LogP contribution in [0.15, 0.2) is 0 Å². The fourth-order valence-electron chi connectivity index (χ4n) is 12.1. The minimum atomic E-state index is -0.788. The molecule has 1 saturated heterocycles. The third-order valence-corrected chi connectivity index (χ3v) is 13.9. The summed E-state index contributed by atoms with van der Waals surface area (Å²) in [6.07, 6.45) is 6.47. The van der Waals surface area contributed by atoms with Gasteiger partial charge in [-0.1, -0.05) is 27.7 Å². The number of aliphatic hydroxyl groups is 4. The summed E-state index contributed by atoms with van der Waals surface area (Å²) < 4.78 is 6.51. The Morgan fingerprint density at radius 1 is 0.800 bits per heavy atom. The van der Waals surface area contributed by atoms with Crippen molar-refractivity contribution in [2.45, 2.75) is 129 Å². The van der Waals surface area contributed by atoms with Gasteiger partial charge in [0.1, 0.15) is 0 Å². The zero-order chi connectivity index (χ0) is 25.6. The van der Waals surface area contributed by atoms with Gasteiger partial charge in [-0.05, 0) is 111 Å². The van der Waals surface area contributed by atoms with E-state index in [1.54, 1.807) is 0 Å². The summed E-state index contributed by atoms with van der Waals surface area (Å²) in [6.45, 7) is 15.7. The van der Waals surface area contributed by atoms with Gasteiger partial charge in [0.15, 0.2) is 0 Å². The van der Waals surface area contributed by atoms with Crippen LogP contribution >= 0.6 is 0 Å². The van der Waals surface area contributed by atoms with E-state index in [9.17, 15) is 20.4 Å². The molecule has 1 heterocycles. The first kappa shape index (κ1) is 25.1. The maximum absolute atomic E-state index is 11.7. The molecule has 2 spiro atoms. The van der Waals surface area contributed by atoms with E-state index >= 15 is 0 Å². The maximum Gasteiger partial charge on any atom is 0.0717 e.